The summed E-state index contributed by atoms with van der Waals surface area (Å²) >= 11 is 0. The number of rotatable bonds is 2. The van der Waals surface area contributed by atoms with Crippen molar-refractivity contribution in [2.45, 2.75) is 0 Å². The standard InChI is InChI=1S/C32H20N2/c1-3-9-26-22(7-1)17-18-28-31(26)27-10-4-6-12-30(27)34-32(28)23-15-13-21(14-16-23)25-19-24-8-2-5-11-29(24)33-20-25/h1-20H. The van der Waals surface area contributed by atoms with Crippen molar-refractivity contribution >= 4 is 43.4 Å². The second kappa shape index (κ2) is 7.50. The molecule has 2 heterocycles. The summed E-state index contributed by atoms with van der Waals surface area (Å²) < 4.78 is 0. The Balaban J connectivity index is 1.43. The second-order valence-electron chi connectivity index (χ2n) is 8.68. The molecule has 0 fully saturated rings. The first-order valence-corrected chi connectivity index (χ1v) is 11.5. The van der Waals surface area contributed by atoms with Gasteiger partial charge >= 0.3 is 0 Å². The topological polar surface area (TPSA) is 25.8 Å². The summed E-state index contributed by atoms with van der Waals surface area (Å²) in [6.45, 7) is 0. The molecule has 0 atom stereocenters. The van der Waals surface area contributed by atoms with Gasteiger partial charge in [-0.2, -0.15) is 0 Å². The van der Waals surface area contributed by atoms with Gasteiger partial charge in [-0.1, -0.05) is 97.1 Å². The fourth-order valence-electron chi connectivity index (χ4n) is 4.99. The van der Waals surface area contributed by atoms with Gasteiger partial charge in [-0.25, -0.2) is 4.98 Å². The van der Waals surface area contributed by atoms with Crippen molar-refractivity contribution in [1.82, 2.24) is 9.97 Å². The van der Waals surface area contributed by atoms with Crippen LogP contribution in [0.15, 0.2) is 121 Å². The van der Waals surface area contributed by atoms with Crippen LogP contribution in [0.3, 0.4) is 0 Å². The van der Waals surface area contributed by atoms with E-state index in [0.717, 1.165) is 38.8 Å². The van der Waals surface area contributed by atoms with Crippen molar-refractivity contribution in [3.63, 3.8) is 0 Å². The molecule has 7 rings (SSSR count). The van der Waals surface area contributed by atoms with Gasteiger partial charge in [0.15, 0.2) is 0 Å². The molecule has 0 N–H and O–H groups in total. The van der Waals surface area contributed by atoms with E-state index in [-0.39, 0.29) is 0 Å². The fourth-order valence-corrected chi connectivity index (χ4v) is 4.99. The van der Waals surface area contributed by atoms with Crippen molar-refractivity contribution in [3.05, 3.63) is 121 Å². The SMILES string of the molecule is c1ccc2ncc(-c3ccc(-c4nc5ccccc5c5c4ccc4ccccc45)cc3)cc2c1. The monoisotopic (exact) mass is 432 g/mol. The van der Waals surface area contributed by atoms with Crippen LogP contribution in [0.25, 0.3) is 65.7 Å². The van der Waals surface area contributed by atoms with E-state index in [9.17, 15) is 0 Å². The maximum atomic E-state index is 5.11. The molecule has 2 nitrogen and oxygen atoms in total. The predicted molar refractivity (Wildman–Crippen MR) is 143 cm³/mol. The first-order valence-electron chi connectivity index (χ1n) is 11.5. The largest absolute Gasteiger partial charge is 0.256 e. The van der Waals surface area contributed by atoms with Crippen LogP contribution in [0.2, 0.25) is 0 Å². The van der Waals surface area contributed by atoms with Crippen molar-refractivity contribution in [2.24, 2.45) is 0 Å². The Labute approximate surface area is 197 Å². The number of hydrogen-bond donors (Lipinski definition) is 0. The lowest BCUT2D eigenvalue weighted by Crippen LogP contribution is -1.91. The smallest absolute Gasteiger partial charge is 0.0788 e. The second-order valence-corrected chi connectivity index (χ2v) is 8.68. The van der Waals surface area contributed by atoms with Gasteiger partial charge in [0.05, 0.1) is 16.7 Å². The molecule has 2 heteroatoms. The summed E-state index contributed by atoms with van der Waals surface area (Å²) in [4.78, 5) is 9.74. The molecule has 0 radical (unpaired) electrons. The molecule has 0 aliphatic rings. The highest BCUT2D eigenvalue weighted by atomic mass is 14.7. The van der Waals surface area contributed by atoms with Crippen molar-refractivity contribution < 1.29 is 0 Å². The molecule has 5 aromatic carbocycles. The first kappa shape index (κ1) is 19.0. The lowest BCUT2D eigenvalue weighted by atomic mass is 9.94. The Morgan fingerprint density at radius 2 is 1.12 bits per heavy atom. The van der Waals surface area contributed by atoms with Crippen LogP contribution in [0.5, 0.6) is 0 Å². The third kappa shape index (κ3) is 2.96. The van der Waals surface area contributed by atoms with E-state index in [0.29, 0.717) is 0 Å². The molecule has 158 valence electrons. The zero-order chi connectivity index (χ0) is 22.5. The molecule has 0 bridgehead atoms. The van der Waals surface area contributed by atoms with E-state index in [4.69, 9.17) is 4.98 Å². The van der Waals surface area contributed by atoms with Gasteiger partial charge < -0.3 is 0 Å². The number of aromatic nitrogens is 2. The third-order valence-electron chi connectivity index (χ3n) is 6.67. The van der Waals surface area contributed by atoms with E-state index in [2.05, 4.69) is 108 Å². The minimum atomic E-state index is 1.02. The van der Waals surface area contributed by atoms with E-state index in [1.807, 2.05) is 18.3 Å². The zero-order valence-electron chi connectivity index (χ0n) is 18.4. The van der Waals surface area contributed by atoms with Gasteiger partial charge in [-0.05, 0) is 34.5 Å². The quantitative estimate of drug-likeness (QED) is 0.256. The first-order chi connectivity index (χ1) is 16.8. The van der Waals surface area contributed by atoms with Crippen LogP contribution in [0.4, 0.5) is 0 Å². The Morgan fingerprint density at radius 1 is 0.441 bits per heavy atom. The molecule has 0 aliphatic carbocycles. The summed E-state index contributed by atoms with van der Waals surface area (Å²) in [5.41, 5.74) is 6.43. The van der Waals surface area contributed by atoms with E-state index in [1.54, 1.807) is 0 Å². The molecular weight excluding hydrogens is 412 g/mol. The van der Waals surface area contributed by atoms with Crippen molar-refractivity contribution in [3.8, 4) is 22.4 Å². The van der Waals surface area contributed by atoms with E-state index >= 15 is 0 Å². The molecule has 0 unspecified atom stereocenters. The van der Waals surface area contributed by atoms with Crippen LogP contribution >= 0.6 is 0 Å². The molecule has 0 spiro atoms. The fraction of sp³-hybridized carbons (Fsp3) is 0. The highest BCUT2D eigenvalue weighted by Crippen LogP contribution is 2.37. The van der Waals surface area contributed by atoms with Gasteiger partial charge in [0.25, 0.3) is 0 Å². The van der Waals surface area contributed by atoms with Crippen LogP contribution in [0, 0.1) is 0 Å². The summed E-state index contributed by atoms with van der Waals surface area (Å²) in [6.07, 6.45) is 1.95. The number of benzene rings is 5. The van der Waals surface area contributed by atoms with Crippen LogP contribution < -0.4 is 0 Å². The summed E-state index contributed by atoms with van der Waals surface area (Å²) in [7, 11) is 0. The lowest BCUT2D eigenvalue weighted by molar-refractivity contribution is 1.40. The number of pyridine rings is 2. The van der Waals surface area contributed by atoms with Crippen LogP contribution in [-0.4, -0.2) is 9.97 Å². The molecule has 2 aromatic heterocycles. The molecule has 7 aromatic rings. The molecule has 0 aliphatic heterocycles. The van der Waals surface area contributed by atoms with Crippen LogP contribution in [0.1, 0.15) is 0 Å². The van der Waals surface area contributed by atoms with Crippen molar-refractivity contribution in [1.29, 1.82) is 0 Å². The summed E-state index contributed by atoms with van der Waals surface area (Å²) in [5.74, 6) is 0. The highest BCUT2D eigenvalue weighted by molar-refractivity contribution is 6.22. The van der Waals surface area contributed by atoms with Crippen LogP contribution in [-0.2, 0) is 0 Å². The number of hydrogen-bond acceptors (Lipinski definition) is 2. The molecular formula is C32H20N2. The molecule has 0 amide bonds. The third-order valence-corrected chi connectivity index (χ3v) is 6.67. The number of fused-ring (bicyclic) bond motifs is 6. The molecule has 0 saturated carbocycles. The molecule has 34 heavy (non-hydrogen) atoms. The van der Waals surface area contributed by atoms with Crippen molar-refractivity contribution in [2.75, 3.05) is 0 Å². The average Bonchev–Trinajstić information content (AvgIpc) is 2.92. The highest BCUT2D eigenvalue weighted by Gasteiger charge is 2.13. The zero-order valence-corrected chi connectivity index (χ0v) is 18.4. The van der Waals surface area contributed by atoms with E-state index in [1.165, 1.54) is 26.9 Å². The minimum absolute atomic E-state index is 1.02. The van der Waals surface area contributed by atoms with Gasteiger partial charge in [-0.15, -0.1) is 0 Å². The lowest BCUT2D eigenvalue weighted by Gasteiger charge is -2.13. The molecule has 0 saturated heterocycles. The minimum Gasteiger partial charge on any atom is -0.256 e. The Kier molecular flexibility index (Phi) is 4.18. The normalized spacial score (nSPS) is 11.5. The van der Waals surface area contributed by atoms with Gasteiger partial charge in [0.2, 0.25) is 0 Å². The van der Waals surface area contributed by atoms with Gasteiger partial charge in [0, 0.05) is 38.9 Å². The Hall–Kier alpha value is -4.56. The average molecular weight is 433 g/mol. The number of nitrogens with zero attached hydrogens (tertiary/aromatic N) is 2. The summed E-state index contributed by atoms with van der Waals surface area (Å²) in [6, 6.07) is 40.6. The Bertz CT molecular complexity index is 1830. The predicted octanol–water partition coefficient (Wildman–Crippen LogP) is 8.42. The Morgan fingerprint density at radius 3 is 1.97 bits per heavy atom. The maximum absolute atomic E-state index is 5.11. The van der Waals surface area contributed by atoms with Gasteiger partial charge in [-0.3, -0.25) is 4.98 Å². The number of para-hydroxylation sites is 2. The summed E-state index contributed by atoms with van der Waals surface area (Å²) in [5, 5.41) is 7.30. The maximum Gasteiger partial charge on any atom is 0.0788 e. The van der Waals surface area contributed by atoms with Gasteiger partial charge in [0.1, 0.15) is 0 Å². The van der Waals surface area contributed by atoms with E-state index < -0.39 is 0 Å².